The Balaban J connectivity index is 1.71. The van der Waals surface area contributed by atoms with E-state index in [0.717, 1.165) is 30.1 Å². The van der Waals surface area contributed by atoms with E-state index < -0.39 is 17.6 Å². The average Bonchev–Trinajstić information content (AvgIpc) is 2.63. The second-order valence-electron chi connectivity index (χ2n) is 5.70. The van der Waals surface area contributed by atoms with Crippen LogP contribution >= 0.6 is 11.8 Å². The van der Waals surface area contributed by atoms with Gasteiger partial charge in [-0.05, 0) is 31.2 Å². The Labute approximate surface area is 162 Å². The lowest BCUT2D eigenvalue weighted by Crippen LogP contribution is -2.30. The monoisotopic (exact) mass is 415 g/mol. The summed E-state index contributed by atoms with van der Waals surface area (Å²) in [6, 6.07) is 6.18. The minimum atomic E-state index is -4.44. The van der Waals surface area contributed by atoms with Crippen molar-refractivity contribution in [3.05, 3.63) is 53.5 Å². The third-order valence-electron chi connectivity index (χ3n) is 3.54. The number of carbonyl (C=O) groups is 2. The largest absolute Gasteiger partial charge is 0.417 e. The van der Waals surface area contributed by atoms with Gasteiger partial charge < -0.3 is 10.6 Å². The molecule has 0 aliphatic rings. The Morgan fingerprint density at radius 2 is 1.89 bits per heavy atom. The number of hydrogen-bond donors (Lipinski definition) is 2. The Morgan fingerprint density at radius 1 is 1.14 bits per heavy atom. The van der Waals surface area contributed by atoms with Gasteiger partial charge in [-0.3, -0.25) is 9.59 Å². The van der Waals surface area contributed by atoms with Crippen LogP contribution in [0.3, 0.4) is 0 Å². The maximum absolute atomic E-state index is 13.9. The Hall–Kier alpha value is -2.62. The number of hydrogen-bond acceptors (Lipinski definition) is 5. The molecule has 0 aliphatic carbocycles. The third-order valence-corrected chi connectivity index (χ3v) is 4.59. The predicted octanol–water partition coefficient (Wildman–Crippen LogP) is 3.76. The number of anilines is 1. The highest BCUT2D eigenvalue weighted by Crippen LogP contribution is 2.28. The van der Waals surface area contributed by atoms with Crippen LogP contribution in [0.25, 0.3) is 0 Å². The highest BCUT2D eigenvalue weighted by molar-refractivity contribution is 8.00. The summed E-state index contributed by atoms with van der Waals surface area (Å²) in [6.45, 7) is 1.81. The van der Waals surface area contributed by atoms with Crippen molar-refractivity contribution in [1.82, 2.24) is 10.3 Å². The molecule has 0 bridgehead atoms. The average molecular weight is 415 g/mol. The van der Waals surface area contributed by atoms with Gasteiger partial charge in [-0.1, -0.05) is 6.07 Å². The number of nitrogens with one attached hydrogen (secondary N) is 2. The lowest BCUT2D eigenvalue weighted by atomic mass is 10.1. The van der Waals surface area contributed by atoms with E-state index in [-0.39, 0.29) is 46.8 Å². The van der Waals surface area contributed by atoms with Crippen LogP contribution in [0, 0.1) is 5.82 Å². The summed E-state index contributed by atoms with van der Waals surface area (Å²) in [5, 5.41) is 5.39. The molecule has 0 aliphatic heterocycles. The van der Waals surface area contributed by atoms with E-state index in [1.54, 1.807) is 0 Å². The predicted molar refractivity (Wildman–Crippen MR) is 97.9 cm³/mol. The fourth-order valence-corrected chi connectivity index (χ4v) is 2.84. The number of Topliss-reactive ketones (excluding diaryl/α,β-unsaturated/α-hetero) is 1. The van der Waals surface area contributed by atoms with Crippen LogP contribution in [0.4, 0.5) is 23.4 Å². The molecule has 2 N–H and O–H groups in total. The second kappa shape index (κ2) is 9.54. The van der Waals surface area contributed by atoms with Gasteiger partial charge in [-0.15, -0.1) is 11.8 Å². The zero-order chi connectivity index (χ0) is 20.7. The topological polar surface area (TPSA) is 71.1 Å². The number of carbonyl (C=O) groups excluding carboxylic acids is 2. The van der Waals surface area contributed by atoms with Crippen molar-refractivity contribution in [2.24, 2.45) is 0 Å². The molecule has 0 spiro atoms. The molecule has 10 heteroatoms. The van der Waals surface area contributed by atoms with E-state index in [9.17, 15) is 27.2 Å². The van der Waals surface area contributed by atoms with E-state index in [1.807, 2.05) is 0 Å². The highest BCUT2D eigenvalue weighted by atomic mass is 32.2. The number of rotatable bonds is 8. The Kier molecular flexibility index (Phi) is 7.38. The zero-order valence-corrected chi connectivity index (χ0v) is 15.6. The van der Waals surface area contributed by atoms with Gasteiger partial charge in [0.25, 0.3) is 0 Å². The van der Waals surface area contributed by atoms with Gasteiger partial charge in [0.05, 0.1) is 11.3 Å². The molecule has 1 aromatic heterocycles. The molecule has 2 aromatic rings. The van der Waals surface area contributed by atoms with Crippen molar-refractivity contribution < 1.29 is 27.2 Å². The standard InChI is InChI=1S/C18H17F4N3O2S/c1-11(26)12-2-4-15(14(19)8-12)28-10-17(27)24-7-6-23-16-5-3-13(9-25-16)18(20,21)22/h2-5,8-9H,6-7,10H2,1H3,(H,23,25)(H,24,27). The minimum absolute atomic E-state index is 0.0190. The first-order chi connectivity index (χ1) is 13.2. The first kappa shape index (κ1) is 21.7. The molecule has 0 saturated heterocycles. The van der Waals surface area contributed by atoms with E-state index in [1.165, 1.54) is 25.1 Å². The fraction of sp³-hybridized carbons (Fsp3) is 0.278. The van der Waals surface area contributed by atoms with Crippen LogP contribution < -0.4 is 10.6 Å². The number of ketones is 1. The smallest absolute Gasteiger partial charge is 0.368 e. The van der Waals surface area contributed by atoms with Gasteiger partial charge in [0, 0.05) is 29.7 Å². The van der Waals surface area contributed by atoms with Gasteiger partial charge in [0.1, 0.15) is 11.6 Å². The molecule has 1 heterocycles. The van der Waals surface area contributed by atoms with Gasteiger partial charge in [-0.25, -0.2) is 9.37 Å². The number of thioether (sulfide) groups is 1. The number of pyridine rings is 1. The normalized spacial score (nSPS) is 11.2. The SMILES string of the molecule is CC(=O)c1ccc(SCC(=O)NCCNc2ccc(C(F)(F)F)cn2)c(F)c1. The summed E-state index contributed by atoms with van der Waals surface area (Å²) >= 11 is 0.996. The number of benzene rings is 1. The quantitative estimate of drug-likeness (QED) is 0.297. The number of aromatic nitrogens is 1. The molecule has 0 unspecified atom stereocenters. The number of alkyl halides is 3. The summed E-state index contributed by atoms with van der Waals surface area (Å²) in [5.41, 5.74) is -0.582. The Bertz CT molecular complexity index is 842. The van der Waals surface area contributed by atoms with E-state index in [2.05, 4.69) is 15.6 Å². The summed E-state index contributed by atoms with van der Waals surface area (Å²) < 4.78 is 51.2. The lowest BCUT2D eigenvalue weighted by Gasteiger charge is -2.09. The van der Waals surface area contributed by atoms with Crippen molar-refractivity contribution >= 4 is 29.3 Å². The van der Waals surface area contributed by atoms with E-state index in [0.29, 0.717) is 0 Å². The van der Waals surface area contributed by atoms with Crippen LogP contribution in [-0.4, -0.2) is 35.5 Å². The first-order valence-electron chi connectivity index (χ1n) is 8.14. The summed E-state index contributed by atoms with van der Waals surface area (Å²) in [7, 11) is 0. The Morgan fingerprint density at radius 3 is 2.46 bits per heavy atom. The molecular formula is C18H17F4N3O2S. The molecule has 1 aromatic carbocycles. The van der Waals surface area contributed by atoms with Crippen molar-refractivity contribution in [2.45, 2.75) is 18.0 Å². The lowest BCUT2D eigenvalue weighted by molar-refractivity contribution is -0.137. The number of halogens is 4. The first-order valence-corrected chi connectivity index (χ1v) is 9.12. The molecule has 0 radical (unpaired) electrons. The van der Waals surface area contributed by atoms with Gasteiger partial charge in [0.2, 0.25) is 5.91 Å². The molecule has 28 heavy (non-hydrogen) atoms. The number of nitrogens with zero attached hydrogens (tertiary/aromatic N) is 1. The zero-order valence-electron chi connectivity index (χ0n) is 14.8. The van der Waals surface area contributed by atoms with Crippen molar-refractivity contribution in [3.8, 4) is 0 Å². The molecule has 2 rings (SSSR count). The third kappa shape index (κ3) is 6.52. The summed E-state index contributed by atoms with van der Waals surface area (Å²) in [6.07, 6.45) is -3.72. The van der Waals surface area contributed by atoms with E-state index in [4.69, 9.17) is 0 Å². The van der Waals surface area contributed by atoms with Crippen LogP contribution in [0.15, 0.2) is 41.4 Å². The molecule has 0 fully saturated rings. The maximum Gasteiger partial charge on any atom is 0.417 e. The fourth-order valence-electron chi connectivity index (χ4n) is 2.09. The molecule has 0 atom stereocenters. The van der Waals surface area contributed by atoms with Gasteiger partial charge in [-0.2, -0.15) is 13.2 Å². The molecule has 150 valence electrons. The molecule has 0 saturated carbocycles. The number of amides is 1. The summed E-state index contributed by atoms with van der Waals surface area (Å²) in [4.78, 5) is 26.9. The minimum Gasteiger partial charge on any atom is -0.368 e. The van der Waals surface area contributed by atoms with Crippen LogP contribution in [0.2, 0.25) is 0 Å². The van der Waals surface area contributed by atoms with Crippen molar-refractivity contribution in [3.63, 3.8) is 0 Å². The van der Waals surface area contributed by atoms with E-state index >= 15 is 0 Å². The molecule has 5 nitrogen and oxygen atoms in total. The van der Waals surface area contributed by atoms with Crippen LogP contribution in [-0.2, 0) is 11.0 Å². The molecular weight excluding hydrogens is 398 g/mol. The van der Waals surface area contributed by atoms with Gasteiger partial charge >= 0.3 is 6.18 Å². The van der Waals surface area contributed by atoms with Crippen LogP contribution in [0.1, 0.15) is 22.8 Å². The van der Waals surface area contributed by atoms with Gasteiger partial charge in [0.15, 0.2) is 5.78 Å². The molecule has 1 amide bonds. The maximum atomic E-state index is 13.9. The highest BCUT2D eigenvalue weighted by Gasteiger charge is 2.30. The summed E-state index contributed by atoms with van der Waals surface area (Å²) in [5.74, 6) is -0.912. The van der Waals surface area contributed by atoms with Crippen molar-refractivity contribution in [1.29, 1.82) is 0 Å². The van der Waals surface area contributed by atoms with Crippen molar-refractivity contribution in [2.75, 3.05) is 24.2 Å². The van der Waals surface area contributed by atoms with Crippen LogP contribution in [0.5, 0.6) is 0 Å². The second-order valence-corrected chi connectivity index (χ2v) is 6.71.